The molecule has 2 saturated heterocycles. The van der Waals surface area contributed by atoms with Crippen LogP contribution in [0.4, 0.5) is 0 Å². The van der Waals surface area contributed by atoms with E-state index in [9.17, 15) is 4.79 Å². The molecule has 1 amide bonds. The van der Waals surface area contributed by atoms with E-state index >= 15 is 0 Å². The van der Waals surface area contributed by atoms with E-state index in [-0.39, 0.29) is 18.1 Å². The number of piperidine rings is 1. The minimum atomic E-state index is 0.0487. The van der Waals surface area contributed by atoms with E-state index in [2.05, 4.69) is 10.2 Å². The number of nitrogens with one attached hydrogen (secondary N) is 1. The molecule has 74 valence electrons. The van der Waals surface area contributed by atoms with Crippen molar-refractivity contribution in [2.75, 3.05) is 26.2 Å². The number of morpholine rings is 1. The Hall–Kier alpha value is -0.610. The molecule has 2 heterocycles. The lowest BCUT2D eigenvalue weighted by Crippen LogP contribution is -2.58. The number of ether oxygens (including phenoxy) is 1. The molecule has 0 spiro atoms. The molecule has 0 aliphatic carbocycles. The number of fused-ring (bicyclic) bond motifs is 2. The third-order valence-corrected chi connectivity index (χ3v) is 2.77. The second kappa shape index (κ2) is 3.64. The highest BCUT2D eigenvalue weighted by Crippen LogP contribution is 2.17. The number of carbonyl (C=O) groups is 1. The molecule has 1 unspecified atom stereocenters. The fraction of sp³-hybridized carbons (Fsp3) is 0.889. The maximum Gasteiger partial charge on any atom is 0.217 e. The summed E-state index contributed by atoms with van der Waals surface area (Å²) in [7, 11) is 0. The lowest BCUT2D eigenvalue weighted by molar-refractivity contribution is -0.124. The van der Waals surface area contributed by atoms with Crippen molar-refractivity contribution in [1.82, 2.24) is 10.2 Å². The minimum absolute atomic E-state index is 0.0487. The SMILES string of the molecule is CC(=O)N[C@@H]1CCN2CCO[C@@H]1C2. The molecular formula is C9H16N2O2. The van der Waals surface area contributed by atoms with Gasteiger partial charge in [-0.2, -0.15) is 0 Å². The average molecular weight is 184 g/mol. The Balaban J connectivity index is 1.93. The Morgan fingerprint density at radius 2 is 2.38 bits per heavy atom. The van der Waals surface area contributed by atoms with Gasteiger partial charge < -0.3 is 10.1 Å². The van der Waals surface area contributed by atoms with E-state index in [1.54, 1.807) is 6.92 Å². The highest BCUT2D eigenvalue weighted by Gasteiger charge is 2.33. The molecule has 4 nitrogen and oxygen atoms in total. The number of rotatable bonds is 1. The van der Waals surface area contributed by atoms with Crippen LogP contribution in [-0.2, 0) is 9.53 Å². The van der Waals surface area contributed by atoms with Crippen molar-refractivity contribution in [2.24, 2.45) is 0 Å². The van der Waals surface area contributed by atoms with E-state index in [1.807, 2.05) is 0 Å². The quantitative estimate of drug-likeness (QED) is 0.602. The van der Waals surface area contributed by atoms with Crippen molar-refractivity contribution in [2.45, 2.75) is 25.5 Å². The Morgan fingerprint density at radius 1 is 1.54 bits per heavy atom. The van der Waals surface area contributed by atoms with E-state index in [0.29, 0.717) is 0 Å². The molecule has 0 saturated carbocycles. The second-order valence-electron chi connectivity index (χ2n) is 3.81. The second-order valence-corrected chi connectivity index (χ2v) is 3.81. The first-order chi connectivity index (χ1) is 6.25. The molecule has 13 heavy (non-hydrogen) atoms. The monoisotopic (exact) mass is 184 g/mol. The molecule has 2 rings (SSSR count). The van der Waals surface area contributed by atoms with E-state index in [4.69, 9.17) is 4.74 Å². The van der Waals surface area contributed by atoms with Crippen LogP contribution < -0.4 is 5.32 Å². The van der Waals surface area contributed by atoms with Gasteiger partial charge in [-0.1, -0.05) is 0 Å². The van der Waals surface area contributed by atoms with Gasteiger partial charge in [0.2, 0.25) is 5.91 Å². The molecule has 0 aromatic carbocycles. The first-order valence-corrected chi connectivity index (χ1v) is 4.87. The van der Waals surface area contributed by atoms with Crippen LogP contribution in [0.3, 0.4) is 0 Å². The van der Waals surface area contributed by atoms with E-state index < -0.39 is 0 Å². The Bertz CT molecular complexity index is 208. The summed E-state index contributed by atoms with van der Waals surface area (Å²) in [6, 6.07) is 0.231. The predicted octanol–water partition coefficient (Wildman–Crippen LogP) is -0.404. The first kappa shape index (κ1) is 8.97. The fourth-order valence-corrected chi connectivity index (χ4v) is 2.11. The summed E-state index contributed by atoms with van der Waals surface area (Å²) in [5, 5.41) is 2.95. The largest absolute Gasteiger partial charge is 0.373 e. The molecule has 2 aliphatic heterocycles. The number of carbonyl (C=O) groups excluding carboxylic acids is 1. The number of amides is 1. The number of hydrogen-bond acceptors (Lipinski definition) is 3. The van der Waals surface area contributed by atoms with Crippen LogP contribution in [0.1, 0.15) is 13.3 Å². The topological polar surface area (TPSA) is 41.6 Å². The molecule has 2 fully saturated rings. The van der Waals surface area contributed by atoms with Crippen LogP contribution >= 0.6 is 0 Å². The van der Waals surface area contributed by atoms with Crippen LogP contribution in [0.15, 0.2) is 0 Å². The van der Waals surface area contributed by atoms with Crippen molar-refractivity contribution >= 4 is 5.91 Å². The van der Waals surface area contributed by atoms with Crippen molar-refractivity contribution in [3.63, 3.8) is 0 Å². The summed E-state index contributed by atoms with van der Waals surface area (Å²) >= 11 is 0. The summed E-state index contributed by atoms with van der Waals surface area (Å²) in [6.07, 6.45) is 1.23. The third-order valence-electron chi connectivity index (χ3n) is 2.77. The van der Waals surface area contributed by atoms with Gasteiger partial charge in [-0.3, -0.25) is 9.69 Å². The van der Waals surface area contributed by atoms with Crippen molar-refractivity contribution in [3.8, 4) is 0 Å². The van der Waals surface area contributed by atoms with E-state index in [0.717, 1.165) is 32.7 Å². The standard InChI is InChI=1S/C9H16N2O2/c1-7(12)10-8-2-3-11-4-5-13-9(8)6-11/h8-9H,2-6H2,1H3,(H,10,12)/t8-,9-/m1/s1. The van der Waals surface area contributed by atoms with Crippen LogP contribution in [0, 0.1) is 0 Å². The first-order valence-electron chi connectivity index (χ1n) is 4.87. The highest BCUT2D eigenvalue weighted by molar-refractivity contribution is 5.73. The molecule has 2 bridgehead atoms. The number of hydrogen-bond donors (Lipinski definition) is 1. The summed E-state index contributed by atoms with van der Waals surface area (Å²) in [5.41, 5.74) is 0. The lowest BCUT2D eigenvalue weighted by Gasteiger charge is -2.42. The van der Waals surface area contributed by atoms with Gasteiger partial charge in [-0.25, -0.2) is 0 Å². The maximum absolute atomic E-state index is 10.9. The van der Waals surface area contributed by atoms with Crippen LogP contribution in [0.5, 0.6) is 0 Å². The van der Waals surface area contributed by atoms with Gasteiger partial charge in [0.1, 0.15) is 0 Å². The molecule has 3 atom stereocenters. The highest BCUT2D eigenvalue weighted by atomic mass is 16.5. The van der Waals surface area contributed by atoms with Crippen molar-refractivity contribution in [1.29, 1.82) is 0 Å². The van der Waals surface area contributed by atoms with Crippen LogP contribution in [0.2, 0.25) is 0 Å². The van der Waals surface area contributed by atoms with Crippen molar-refractivity contribution < 1.29 is 9.53 Å². The summed E-state index contributed by atoms with van der Waals surface area (Å²) < 4.78 is 5.61. The molecule has 4 heteroatoms. The zero-order chi connectivity index (χ0) is 9.26. The van der Waals surface area contributed by atoms with Gasteiger partial charge >= 0.3 is 0 Å². The molecule has 1 N–H and O–H groups in total. The smallest absolute Gasteiger partial charge is 0.217 e. The van der Waals surface area contributed by atoms with Gasteiger partial charge in [0.05, 0.1) is 18.8 Å². The molecule has 2 aliphatic rings. The maximum atomic E-state index is 10.9. The summed E-state index contributed by atoms with van der Waals surface area (Å²) in [5.74, 6) is 0.0487. The normalized spacial score (nSPS) is 38.4. The van der Waals surface area contributed by atoms with Crippen LogP contribution in [-0.4, -0.2) is 49.2 Å². The zero-order valence-corrected chi connectivity index (χ0v) is 7.95. The van der Waals surface area contributed by atoms with Gasteiger partial charge in [-0.15, -0.1) is 0 Å². The number of nitrogens with zero attached hydrogens (tertiary/aromatic N) is 1. The van der Waals surface area contributed by atoms with E-state index in [1.165, 1.54) is 0 Å². The molecule has 0 radical (unpaired) electrons. The minimum Gasteiger partial charge on any atom is -0.373 e. The fourth-order valence-electron chi connectivity index (χ4n) is 2.11. The molecular weight excluding hydrogens is 168 g/mol. The summed E-state index contributed by atoms with van der Waals surface area (Å²) in [4.78, 5) is 13.3. The van der Waals surface area contributed by atoms with Gasteiger partial charge in [0.15, 0.2) is 0 Å². The lowest BCUT2D eigenvalue weighted by atomic mass is 10.0. The third kappa shape index (κ3) is 2.00. The van der Waals surface area contributed by atoms with Gasteiger partial charge in [0, 0.05) is 26.6 Å². The average Bonchev–Trinajstić information content (AvgIpc) is 2.10. The van der Waals surface area contributed by atoms with Crippen molar-refractivity contribution in [3.05, 3.63) is 0 Å². The predicted molar refractivity (Wildman–Crippen MR) is 48.4 cm³/mol. The Morgan fingerprint density at radius 3 is 3.15 bits per heavy atom. The van der Waals surface area contributed by atoms with Gasteiger partial charge in [-0.05, 0) is 6.42 Å². The molecule has 0 aromatic rings. The molecule has 0 aromatic heterocycles. The summed E-state index contributed by atoms with van der Waals surface area (Å²) in [6.45, 7) is 5.48. The van der Waals surface area contributed by atoms with Gasteiger partial charge in [0.25, 0.3) is 0 Å². The van der Waals surface area contributed by atoms with Crippen LogP contribution in [0.25, 0.3) is 0 Å². The Kier molecular flexibility index (Phi) is 2.51. The zero-order valence-electron chi connectivity index (χ0n) is 7.95. The Labute approximate surface area is 78.2 Å².